The first-order chi connectivity index (χ1) is 12.4. The molecule has 0 atom stereocenters. The molecule has 0 aliphatic carbocycles. The molecule has 2 aromatic rings. The van der Waals surface area contributed by atoms with Gasteiger partial charge in [0.05, 0.1) is 4.92 Å². The lowest BCUT2D eigenvalue weighted by molar-refractivity contribution is -0.385. The Hall–Kier alpha value is -2.20. The van der Waals surface area contributed by atoms with Crippen LogP contribution in [0.4, 0.5) is 5.69 Å². The fourth-order valence-corrected chi connectivity index (χ4v) is 4.25. The van der Waals surface area contributed by atoms with Crippen LogP contribution in [-0.2, 0) is 10.0 Å². The Morgan fingerprint density at radius 3 is 2.38 bits per heavy atom. The van der Waals surface area contributed by atoms with Crippen molar-refractivity contribution in [3.8, 4) is 11.5 Å². The van der Waals surface area contributed by atoms with Crippen LogP contribution in [0.15, 0.2) is 47.4 Å². The molecule has 1 fully saturated rings. The van der Waals surface area contributed by atoms with E-state index in [1.54, 1.807) is 24.3 Å². The number of hydrogen-bond acceptors (Lipinski definition) is 6. The summed E-state index contributed by atoms with van der Waals surface area (Å²) >= 11 is 5.84. The van der Waals surface area contributed by atoms with Gasteiger partial charge in [-0.15, -0.1) is 0 Å². The Morgan fingerprint density at radius 2 is 1.77 bits per heavy atom. The normalized spacial score (nSPS) is 15.6. The number of nitro benzene ring substituents is 1. The lowest BCUT2D eigenvalue weighted by atomic mass is 10.3. The van der Waals surface area contributed by atoms with Gasteiger partial charge in [-0.2, -0.15) is 4.31 Å². The van der Waals surface area contributed by atoms with Crippen LogP contribution in [0, 0.1) is 10.1 Å². The van der Waals surface area contributed by atoms with Gasteiger partial charge in [-0.05, 0) is 30.3 Å². The number of ether oxygens (including phenoxy) is 1. The van der Waals surface area contributed by atoms with E-state index in [0.717, 1.165) is 6.07 Å². The zero-order valence-electron chi connectivity index (χ0n) is 13.6. The van der Waals surface area contributed by atoms with Gasteiger partial charge in [-0.25, -0.2) is 8.42 Å². The lowest BCUT2D eigenvalue weighted by Crippen LogP contribution is -2.46. The van der Waals surface area contributed by atoms with E-state index < -0.39 is 14.9 Å². The van der Waals surface area contributed by atoms with Crippen molar-refractivity contribution in [1.29, 1.82) is 0 Å². The molecule has 0 spiro atoms. The molecule has 26 heavy (non-hydrogen) atoms. The maximum Gasteiger partial charge on any atom is 0.271 e. The molecule has 3 rings (SSSR count). The average Bonchev–Trinajstić information content (AvgIpc) is 2.64. The topological polar surface area (TPSA) is 102 Å². The molecule has 0 amide bonds. The number of nitrogens with one attached hydrogen (secondary N) is 1. The first-order valence-electron chi connectivity index (χ1n) is 7.80. The van der Waals surface area contributed by atoms with Gasteiger partial charge in [0.2, 0.25) is 10.0 Å². The largest absolute Gasteiger partial charge is 0.456 e. The Bertz CT molecular complexity index is 912. The van der Waals surface area contributed by atoms with Gasteiger partial charge in [0, 0.05) is 43.3 Å². The fraction of sp³-hybridized carbons (Fsp3) is 0.250. The van der Waals surface area contributed by atoms with Crippen LogP contribution in [-0.4, -0.2) is 43.8 Å². The molecular formula is C16H16ClN3O5S. The van der Waals surface area contributed by atoms with Crippen LogP contribution in [0.1, 0.15) is 0 Å². The van der Waals surface area contributed by atoms with Crippen molar-refractivity contribution in [1.82, 2.24) is 9.62 Å². The minimum Gasteiger partial charge on any atom is -0.456 e. The maximum atomic E-state index is 13.0. The van der Waals surface area contributed by atoms with E-state index in [1.807, 2.05) is 0 Å². The summed E-state index contributed by atoms with van der Waals surface area (Å²) in [6, 6.07) is 9.92. The molecular weight excluding hydrogens is 382 g/mol. The molecule has 138 valence electrons. The molecule has 2 aromatic carbocycles. The Kier molecular flexibility index (Phi) is 5.42. The second-order valence-electron chi connectivity index (χ2n) is 5.60. The van der Waals surface area contributed by atoms with E-state index in [1.165, 1.54) is 16.4 Å². The van der Waals surface area contributed by atoms with Crippen LogP contribution >= 0.6 is 11.6 Å². The Labute approximate surface area is 155 Å². The number of halogens is 1. The minimum atomic E-state index is -3.94. The van der Waals surface area contributed by atoms with E-state index in [-0.39, 0.29) is 29.4 Å². The first-order valence-corrected chi connectivity index (χ1v) is 9.62. The summed E-state index contributed by atoms with van der Waals surface area (Å²) in [6.07, 6.45) is 0. The van der Waals surface area contributed by atoms with Crippen molar-refractivity contribution in [2.75, 3.05) is 26.2 Å². The maximum absolute atomic E-state index is 13.0. The summed E-state index contributed by atoms with van der Waals surface area (Å²) < 4.78 is 33.0. The predicted molar refractivity (Wildman–Crippen MR) is 96.3 cm³/mol. The number of sulfonamides is 1. The zero-order valence-corrected chi connectivity index (χ0v) is 15.2. The smallest absolute Gasteiger partial charge is 0.271 e. The molecule has 0 radical (unpaired) electrons. The van der Waals surface area contributed by atoms with Crippen molar-refractivity contribution in [2.24, 2.45) is 0 Å². The van der Waals surface area contributed by atoms with Crippen molar-refractivity contribution >= 4 is 27.3 Å². The highest BCUT2D eigenvalue weighted by molar-refractivity contribution is 7.89. The van der Waals surface area contributed by atoms with Gasteiger partial charge in [0.1, 0.15) is 16.4 Å². The van der Waals surface area contributed by atoms with E-state index in [2.05, 4.69) is 5.32 Å². The molecule has 1 aliphatic heterocycles. The summed E-state index contributed by atoms with van der Waals surface area (Å²) in [7, 11) is -3.94. The molecule has 8 nitrogen and oxygen atoms in total. The summed E-state index contributed by atoms with van der Waals surface area (Å²) in [5, 5.41) is 14.7. The van der Waals surface area contributed by atoms with Crippen LogP contribution in [0.3, 0.4) is 0 Å². The Morgan fingerprint density at radius 1 is 1.12 bits per heavy atom. The highest BCUT2D eigenvalue weighted by Crippen LogP contribution is 2.34. The SMILES string of the molecule is O=[N+]([O-])c1ccc(Oc2ccc(Cl)cc2)c(S(=O)(=O)N2CCNCC2)c1. The van der Waals surface area contributed by atoms with E-state index in [0.29, 0.717) is 23.9 Å². The van der Waals surface area contributed by atoms with Crippen molar-refractivity contribution in [2.45, 2.75) is 4.90 Å². The van der Waals surface area contributed by atoms with Gasteiger partial charge in [0.25, 0.3) is 5.69 Å². The number of non-ortho nitro benzene ring substituents is 1. The van der Waals surface area contributed by atoms with Crippen molar-refractivity contribution in [3.05, 3.63) is 57.6 Å². The third-order valence-corrected chi connectivity index (χ3v) is 6.05. The zero-order chi connectivity index (χ0) is 18.7. The van der Waals surface area contributed by atoms with Gasteiger partial charge in [0.15, 0.2) is 0 Å². The summed E-state index contributed by atoms with van der Waals surface area (Å²) in [5.41, 5.74) is -0.317. The second kappa shape index (κ2) is 7.58. The molecule has 0 saturated carbocycles. The lowest BCUT2D eigenvalue weighted by Gasteiger charge is -2.27. The average molecular weight is 398 g/mol. The number of hydrogen-bond donors (Lipinski definition) is 1. The molecule has 0 aromatic heterocycles. The third-order valence-electron chi connectivity index (χ3n) is 3.87. The predicted octanol–water partition coefficient (Wildman–Crippen LogP) is 2.63. The second-order valence-corrected chi connectivity index (χ2v) is 7.94. The third kappa shape index (κ3) is 3.96. The number of piperazine rings is 1. The van der Waals surface area contributed by atoms with Gasteiger partial charge in [-0.3, -0.25) is 10.1 Å². The molecule has 1 aliphatic rings. The minimum absolute atomic E-state index is 0.0245. The Balaban J connectivity index is 2.03. The van der Waals surface area contributed by atoms with Crippen LogP contribution < -0.4 is 10.1 Å². The molecule has 1 N–H and O–H groups in total. The van der Waals surface area contributed by atoms with Crippen molar-refractivity contribution in [3.63, 3.8) is 0 Å². The fourth-order valence-electron chi connectivity index (χ4n) is 2.55. The molecule has 10 heteroatoms. The van der Waals surface area contributed by atoms with Crippen LogP contribution in [0.5, 0.6) is 11.5 Å². The monoisotopic (exact) mass is 397 g/mol. The van der Waals surface area contributed by atoms with Gasteiger partial charge >= 0.3 is 0 Å². The van der Waals surface area contributed by atoms with Crippen LogP contribution in [0.2, 0.25) is 5.02 Å². The summed E-state index contributed by atoms with van der Waals surface area (Å²) in [6.45, 7) is 1.60. The number of nitro groups is 1. The van der Waals surface area contributed by atoms with E-state index in [9.17, 15) is 18.5 Å². The van der Waals surface area contributed by atoms with Gasteiger partial charge in [-0.1, -0.05) is 11.6 Å². The van der Waals surface area contributed by atoms with E-state index >= 15 is 0 Å². The highest BCUT2D eigenvalue weighted by atomic mass is 35.5. The highest BCUT2D eigenvalue weighted by Gasteiger charge is 2.31. The molecule has 0 bridgehead atoms. The number of nitrogens with zero attached hydrogens (tertiary/aromatic N) is 2. The molecule has 0 unspecified atom stereocenters. The van der Waals surface area contributed by atoms with E-state index in [4.69, 9.17) is 16.3 Å². The standard InChI is InChI=1S/C16H16ClN3O5S/c17-12-1-4-14(5-2-12)25-15-6-3-13(20(21)22)11-16(15)26(23,24)19-9-7-18-8-10-19/h1-6,11,18H,7-10H2. The summed E-state index contributed by atoms with van der Waals surface area (Å²) in [5.74, 6) is 0.400. The molecule has 1 saturated heterocycles. The van der Waals surface area contributed by atoms with Crippen LogP contribution in [0.25, 0.3) is 0 Å². The van der Waals surface area contributed by atoms with Crippen molar-refractivity contribution < 1.29 is 18.1 Å². The number of rotatable bonds is 5. The number of benzene rings is 2. The molecule has 1 heterocycles. The summed E-state index contributed by atoms with van der Waals surface area (Å²) in [4.78, 5) is 10.2. The van der Waals surface area contributed by atoms with Gasteiger partial charge < -0.3 is 10.1 Å². The quantitative estimate of drug-likeness (QED) is 0.614. The first kappa shape index (κ1) is 18.6.